The molecule has 0 spiro atoms. The molecule has 4 N–H and O–H groups in total. The molecule has 0 aliphatic heterocycles. The lowest BCUT2D eigenvalue weighted by Gasteiger charge is -2.23. The summed E-state index contributed by atoms with van der Waals surface area (Å²) in [6.45, 7) is 1.75. The van der Waals surface area contributed by atoms with Gasteiger partial charge in [0.1, 0.15) is 11.6 Å². The maximum absolute atomic E-state index is 13.7. The number of rotatable bonds is 4. The summed E-state index contributed by atoms with van der Waals surface area (Å²) in [6.07, 6.45) is 1.58. The maximum Gasteiger partial charge on any atom is 0.352 e. The van der Waals surface area contributed by atoms with E-state index in [0.717, 1.165) is 15.8 Å². The van der Waals surface area contributed by atoms with E-state index in [-0.39, 0.29) is 5.69 Å². The van der Waals surface area contributed by atoms with E-state index in [1.54, 1.807) is 19.3 Å². The summed E-state index contributed by atoms with van der Waals surface area (Å²) in [5.41, 5.74) is 0.936. The standard InChI is InChI=1S/C14H17FN4O2S/c1-9-6-10(15)7-12(19(17)14(20)18(2)16)13(9)22-8-11-4-3-5-21-11/h3-7H,8,16-17H2,1-2H3. The van der Waals surface area contributed by atoms with Gasteiger partial charge in [-0.15, -0.1) is 11.8 Å². The van der Waals surface area contributed by atoms with Crippen molar-refractivity contribution < 1.29 is 13.6 Å². The van der Waals surface area contributed by atoms with Crippen LogP contribution in [0.15, 0.2) is 39.8 Å². The Balaban J connectivity index is 2.32. The Hall–Kier alpha value is -2.03. The van der Waals surface area contributed by atoms with E-state index in [4.69, 9.17) is 16.1 Å². The second-order valence-electron chi connectivity index (χ2n) is 4.70. The molecule has 6 nitrogen and oxygen atoms in total. The number of nitrogens with zero attached hydrogens (tertiary/aromatic N) is 2. The third kappa shape index (κ3) is 3.59. The molecule has 0 saturated heterocycles. The fraction of sp³-hybridized carbons (Fsp3) is 0.214. The molecule has 0 atom stereocenters. The molecule has 0 unspecified atom stereocenters. The van der Waals surface area contributed by atoms with Crippen LogP contribution in [-0.2, 0) is 5.75 Å². The Morgan fingerprint density at radius 3 is 2.73 bits per heavy atom. The first-order chi connectivity index (χ1) is 10.4. The number of anilines is 1. The highest BCUT2D eigenvalue weighted by Gasteiger charge is 2.20. The lowest BCUT2D eigenvalue weighted by molar-refractivity contribution is 0.216. The number of amides is 2. The van der Waals surface area contributed by atoms with Crippen molar-refractivity contribution in [1.29, 1.82) is 0 Å². The minimum atomic E-state index is -0.648. The fourth-order valence-corrected chi connectivity index (χ4v) is 2.93. The van der Waals surface area contributed by atoms with E-state index in [9.17, 15) is 9.18 Å². The zero-order valence-electron chi connectivity index (χ0n) is 12.2. The molecule has 0 fully saturated rings. The van der Waals surface area contributed by atoms with E-state index in [1.807, 2.05) is 6.07 Å². The molecule has 0 radical (unpaired) electrons. The van der Waals surface area contributed by atoms with Crippen LogP contribution in [0.3, 0.4) is 0 Å². The molecule has 0 bridgehead atoms. The molecule has 0 aliphatic carbocycles. The van der Waals surface area contributed by atoms with Gasteiger partial charge in [-0.2, -0.15) is 0 Å². The van der Waals surface area contributed by atoms with Gasteiger partial charge in [0.05, 0.1) is 17.7 Å². The summed E-state index contributed by atoms with van der Waals surface area (Å²) in [7, 11) is 1.37. The minimum Gasteiger partial charge on any atom is -0.468 e. The smallest absolute Gasteiger partial charge is 0.352 e. The Morgan fingerprint density at radius 2 is 2.14 bits per heavy atom. The van der Waals surface area contributed by atoms with Crippen molar-refractivity contribution in [2.75, 3.05) is 12.1 Å². The zero-order chi connectivity index (χ0) is 16.3. The van der Waals surface area contributed by atoms with E-state index in [2.05, 4.69) is 0 Å². The molecule has 2 amide bonds. The van der Waals surface area contributed by atoms with Gasteiger partial charge in [0.25, 0.3) is 0 Å². The number of hydrogen-bond acceptors (Lipinski definition) is 5. The summed E-state index contributed by atoms with van der Waals surface area (Å²) in [4.78, 5) is 12.6. The van der Waals surface area contributed by atoms with Crippen molar-refractivity contribution in [3.63, 3.8) is 0 Å². The van der Waals surface area contributed by atoms with E-state index >= 15 is 0 Å². The van der Waals surface area contributed by atoms with Crippen molar-refractivity contribution in [3.05, 3.63) is 47.7 Å². The van der Waals surface area contributed by atoms with Gasteiger partial charge in [0, 0.05) is 18.0 Å². The average molecular weight is 324 g/mol. The highest BCUT2D eigenvalue weighted by Crippen LogP contribution is 2.35. The number of aryl methyl sites for hydroxylation is 1. The quantitative estimate of drug-likeness (QED) is 0.390. The molecule has 22 heavy (non-hydrogen) atoms. The van der Waals surface area contributed by atoms with Crippen LogP contribution in [0.5, 0.6) is 0 Å². The van der Waals surface area contributed by atoms with Crippen molar-refractivity contribution in [2.45, 2.75) is 17.6 Å². The first-order valence-corrected chi connectivity index (χ1v) is 7.41. The summed E-state index contributed by atoms with van der Waals surface area (Å²) >= 11 is 1.40. The predicted molar refractivity (Wildman–Crippen MR) is 83.4 cm³/mol. The number of urea groups is 1. The number of furan rings is 1. The molecule has 0 aliphatic rings. The van der Waals surface area contributed by atoms with Crippen LogP contribution in [0.4, 0.5) is 14.9 Å². The molecule has 118 valence electrons. The number of hydrazine groups is 2. The number of hydrogen-bond donors (Lipinski definition) is 2. The second kappa shape index (κ2) is 6.82. The number of halogens is 1. The third-order valence-corrected chi connectivity index (χ3v) is 4.17. The first kappa shape index (κ1) is 16.3. The Bertz CT molecular complexity index is 661. The van der Waals surface area contributed by atoms with Crippen LogP contribution < -0.4 is 16.7 Å². The van der Waals surface area contributed by atoms with Gasteiger partial charge in [0.2, 0.25) is 0 Å². The van der Waals surface area contributed by atoms with Gasteiger partial charge in [-0.05, 0) is 30.7 Å². The summed E-state index contributed by atoms with van der Waals surface area (Å²) in [6, 6.07) is 5.57. The molecule has 2 aromatic rings. The summed E-state index contributed by atoms with van der Waals surface area (Å²) in [5, 5.41) is 1.67. The van der Waals surface area contributed by atoms with Crippen molar-refractivity contribution in [2.24, 2.45) is 11.7 Å². The molecule has 1 aromatic heterocycles. The highest BCUT2D eigenvalue weighted by molar-refractivity contribution is 7.98. The van der Waals surface area contributed by atoms with E-state index in [1.165, 1.54) is 30.9 Å². The predicted octanol–water partition coefficient (Wildman–Crippen LogP) is 2.63. The number of nitrogens with two attached hydrogens (primary N) is 2. The van der Waals surface area contributed by atoms with Gasteiger partial charge < -0.3 is 4.42 Å². The molecule has 1 aromatic carbocycles. The molecular weight excluding hydrogens is 307 g/mol. The van der Waals surface area contributed by atoms with Gasteiger partial charge in [-0.25, -0.2) is 25.9 Å². The second-order valence-corrected chi connectivity index (χ2v) is 5.69. The highest BCUT2D eigenvalue weighted by atomic mass is 32.2. The molecule has 0 saturated carbocycles. The molecule has 1 heterocycles. The normalized spacial score (nSPS) is 10.6. The third-order valence-electron chi connectivity index (χ3n) is 2.93. The van der Waals surface area contributed by atoms with Crippen LogP contribution in [0, 0.1) is 12.7 Å². The van der Waals surface area contributed by atoms with Gasteiger partial charge >= 0.3 is 6.03 Å². The topological polar surface area (TPSA) is 88.7 Å². The Kier molecular flexibility index (Phi) is 5.07. The van der Waals surface area contributed by atoms with Gasteiger partial charge in [0.15, 0.2) is 0 Å². The molecular formula is C14H17FN4O2S. The van der Waals surface area contributed by atoms with Gasteiger partial charge in [-0.3, -0.25) is 5.01 Å². The van der Waals surface area contributed by atoms with Crippen LogP contribution in [0.2, 0.25) is 0 Å². The van der Waals surface area contributed by atoms with Crippen LogP contribution in [0.1, 0.15) is 11.3 Å². The number of benzene rings is 1. The molecule has 8 heteroatoms. The minimum absolute atomic E-state index is 0.261. The van der Waals surface area contributed by atoms with Crippen LogP contribution in [-0.4, -0.2) is 18.1 Å². The van der Waals surface area contributed by atoms with E-state index < -0.39 is 11.8 Å². The molecule has 2 rings (SSSR count). The SMILES string of the molecule is Cc1cc(F)cc(N(N)C(=O)N(C)N)c1SCc1ccco1. The van der Waals surface area contributed by atoms with Crippen molar-refractivity contribution >= 4 is 23.5 Å². The first-order valence-electron chi connectivity index (χ1n) is 6.42. The van der Waals surface area contributed by atoms with Crippen molar-refractivity contribution in [1.82, 2.24) is 5.01 Å². The van der Waals surface area contributed by atoms with Gasteiger partial charge in [-0.1, -0.05) is 0 Å². The largest absolute Gasteiger partial charge is 0.468 e. The fourth-order valence-electron chi connectivity index (χ4n) is 1.89. The van der Waals surface area contributed by atoms with Crippen molar-refractivity contribution in [3.8, 4) is 0 Å². The number of carbonyl (C=O) groups is 1. The van der Waals surface area contributed by atoms with E-state index in [0.29, 0.717) is 16.2 Å². The number of thioether (sulfide) groups is 1. The lowest BCUT2D eigenvalue weighted by Crippen LogP contribution is -2.48. The zero-order valence-corrected chi connectivity index (χ0v) is 13.1. The Morgan fingerprint density at radius 1 is 1.41 bits per heavy atom. The monoisotopic (exact) mass is 324 g/mol. The maximum atomic E-state index is 13.7. The summed E-state index contributed by atoms with van der Waals surface area (Å²) in [5.74, 6) is 12.0. The average Bonchev–Trinajstić information content (AvgIpc) is 2.97. The van der Waals surface area contributed by atoms with Crippen LogP contribution >= 0.6 is 11.8 Å². The Labute approximate surface area is 131 Å². The lowest BCUT2D eigenvalue weighted by atomic mass is 10.2. The van der Waals surface area contributed by atoms with Crippen LogP contribution in [0.25, 0.3) is 0 Å². The summed E-state index contributed by atoms with van der Waals surface area (Å²) < 4.78 is 19.0. The number of carbonyl (C=O) groups excluding carboxylic acids is 1.